The Bertz CT molecular complexity index is 1450. The highest BCUT2D eigenvalue weighted by molar-refractivity contribution is 7.98. The number of para-hydroxylation sites is 2. The van der Waals surface area contributed by atoms with E-state index < -0.39 is 0 Å². The van der Waals surface area contributed by atoms with Gasteiger partial charge in [-0.2, -0.15) is 0 Å². The third-order valence-electron chi connectivity index (χ3n) is 6.91. The molecule has 0 aliphatic carbocycles. The number of halogens is 1. The van der Waals surface area contributed by atoms with Crippen molar-refractivity contribution < 1.29 is 9.59 Å². The lowest BCUT2D eigenvalue weighted by Gasteiger charge is -2.39. The number of nitrogens with zero attached hydrogens (tertiary/aromatic N) is 3. The van der Waals surface area contributed by atoms with Crippen LogP contribution in [0.3, 0.4) is 0 Å². The van der Waals surface area contributed by atoms with Crippen molar-refractivity contribution in [3.63, 3.8) is 0 Å². The molecular formula is C31H31ClN4O2S. The minimum absolute atomic E-state index is 0.0478. The molecule has 2 heterocycles. The van der Waals surface area contributed by atoms with Crippen LogP contribution in [0.4, 0.5) is 16.2 Å². The number of benzene rings is 3. The van der Waals surface area contributed by atoms with Crippen LogP contribution in [0, 0.1) is 0 Å². The normalized spacial score (nSPS) is 13.9. The van der Waals surface area contributed by atoms with E-state index >= 15 is 0 Å². The lowest BCUT2D eigenvalue weighted by atomic mass is 9.97. The number of nitrogens with one attached hydrogen (secondary N) is 1. The standard InChI is InChI=1S/C31H31ClN4O2S/c1-3-4-19-34(31(38)33-24-15-17-25(39-2)18-16-24)21-29(37)36-27-9-6-5-8-26(27)35-20-7-10-28(35)30(36)22-11-13-23(32)14-12-22/h5-18,20,30H,3-4,19,21H2,1-2H3,(H,33,38)/t30-/m0/s1. The van der Waals surface area contributed by atoms with Crippen molar-refractivity contribution in [2.24, 2.45) is 0 Å². The number of fused-ring (bicyclic) bond motifs is 3. The fourth-order valence-corrected chi connectivity index (χ4v) is 5.47. The van der Waals surface area contributed by atoms with Gasteiger partial charge in [0.2, 0.25) is 5.91 Å². The van der Waals surface area contributed by atoms with Crippen LogP contribution in [0.5, 0.6) is 0 Å². The average molecular weight is 559 g/mol. The smallest absolute Gasteiger partial charge is 0.316 e. The molecule has 0 fully saturated rings. The van der Waals surface area contributed by atoms with Crippen molar-refractivity contribution in [2.75, 3.05) is 29.6 Å². The van der Waals surface area contributed by atoms with Crippen molar-refractivity contribution in [3.05, 3.63) is 107 Å². The predicted octanol–water partition coefficient (Wildman–Crippen LogP) is 7.62. The highest BCUT2D eigenvalue weighted by Crippen LogP contribution is 2.42. The Morgan fingerprint density at radius 3 is 2.36 bits per heavy atom. The van der Waals surface area contributed by atoms with E-state index in [2.05, 4.69) is 16.8 Å². The van der Waals surface area contributed by atoms with E-state index in [0.29, 0.717) is 17.3 Å². The van der Waals surface area contributed by atoms with Crippen molar-refractivity contribution in [2.45, 2.75) is 30.7 Å². The number of amides is 3. The van der Waals surface area contributed by atoms with Crippen LogP contribution in [0.2, 0.25) is 5.02 Å². The summed E-state index contributed by atoms with van der Waals surface area (Å²) in [5.41, 5.74) is 4.35. The Balaban J connectivity index is 1.48. The summed E-state index contributed by atoms with van der Waals surface area (Å²) in [4.78, 5) is 32.2. The highest BCUT2D eigenvalue weighted by Gasteiger charge is 2.37. The number of hydrogen-bond donors (Lipinski definition) is 1. The molecule has 0 bridgehead atoms. The van der Waals surface area contributed by atoms with Gasteiger partial charge in [0, 0.05) is 28.3 Å². The second-order valence-electron chi connectivity index (χ2n) is 9.44. The second-order valence-corrected chi connectivity index (χ2v) is 10.8. The number of carbonyl (C=O) groups excluding carboxylic acids is 2. The van der Waals surface area contributed by atoms with Gasteiger partial charge in [-0.15, -0.1) is 11.8 Å². The van der Waals surface area contributed by atoms with Gasteiger partial charge in [0.15, 0.2) is 0 Å². The average Bonchev–Trinajstić information content (AvgIpc) is 3.45. The molecule has 6 nitrogen and oxygen atoms in total. The molecule has 1 aliphatic rings. The maximum atomic E-state index is 14.2. The van der Waals surface area contributed by atoms with Crippen molar-refractivity contribution >= 4 is 46.7 Å². The summed E-state index contributed by atoms with van der Waals surface area (Å²) in [6, 6.07) is 26.6. The zero-order chi connectivity index (χ0) is 27.4. The molecule has 5 rings (SSSR count). The molecule has 8 heteroatoms. The first-order valence-electron chi connectivity index (χ1n) is 13.0. The van der Waals surface area contributed by atoms with Crippen molar-refractivity contribution in [1.82, 2.24) is 9.47 Å². The Labute approximate surface area is 238 Å². The fraction of sp³-hybridized carbons (Fsp3) is 0.226. The molecule has 1 N–H and O–H groups in total. The molecule has 0 spiro atoms. The van der Waals surface area contributed by atoms with Crippen LogP contribution < -0.4 is 10.2 Å². The van der Waals surface area contributed by atoms with Gasteiger partial charge in [0.05, 0.1) is 17.1 Å². The largest absolute Gasteiger partial charge is 0.322 e. The number of hydrogen-bond acceptors (Lipinski definition) is 3. The van der Waals surface area contributed by atoms with E-state index in [1.54, 1.807) is 16.7 Å². The van der Waals surface area contributed by atoms with E-state index in [1.807, 2.05) is 102 Å². The number of anilines is 2. The zero-order valence-electron chi connectivity index (χ0n) is 22.0. The Morgan fingerprint density at radius 1 is 0.949 bits per heavy atom. The van der Waals surface area contributed by atoms with Crippen LogP contribution in [0.15, 0.2) is 96.0 Å². The summed E-state index contributed by atoms with van der Waals surface area (Å²) in [7, 11) is 0. The molecular weight excluding hydrogens is 528 g/mol. The Morgan fingerprint density at radius 2 is 1.67 bits per heavy atom. The van der Waals surface area contributed by atoms with Gasteiger partial charge in [-0.25, -0.2) is 4.79 Å². The van der Waals surface area contributed by atoms with Crippen LogP contribution in [0.25, 0.3) is 5.69 Å². The summed E-state index contributed by atoms with van der Waals surface area (Å²) < 4.78 is 2.12. The molecule has 3 aromatic carbocycles. The van der Waals surface area contributed by atoms with Gasteiger partial charge >= 0.3 is 6.03 Å². The molecule has 200 valence electrons. The number of urea groups is 1. The molecule has 0 radical (unpaired) electrons. The van der Waals surface area contributed by atoms with Crippen LogP contribution in [0.1, 0.15) is 37.1 Å². The third-order valence-corrected chi connectivity index (χ3v) is 7.91. The van der Waals surface area contributed by atoms with Gasteiger partial charge in [0.25, 0.3) is 0 Å². The lowest BCUT2D eigenvalue weighted by molar-refractivity contribution is -0.119. The maximum Gasteiger partial charge on any atom is 0.322 e. The zero-order valence-corrected chi connectivity index (χ0v) is 23.6. The second kappa shape index (κ2) is 12.0. The molecule has 1 aliphatic heterocycles. The van der Waals surface area contributed by atoms with E-state index in [-0.39, 0.29) is 24.5 Å². The lowest BCUT2D eigenvalue weighted by Crippen LogP contribution is -2.48. The van der Waals surface area contributed by atoms with Crippen LogP contribution in [-0.4, -0.2) is 40.8 Å². The van der Waals surface area contributed by atoms with Crippen molar-refractivity contribution in [3.8, 4) is 5.69 Å². The van der Waals surface area contributed by atoms with E-state index in [0.717, 1.165) is 40.4 Å². The number of thioether (sulfide) groups is 1. The van der Waals surface area contributed by atoms with Gasteiger partial charge in [-0.05, 0) is 78.9 Å². The first-order valence-corrected chi connectivity index (χ1v) is 14.6. The van der Waals surface area contributed by atoms with Gasteiger partial charge < -0.3 is 14.8 Å². The summed E-state index contributed by atoms with van der Waals surface area (Å²) in [5, 5.41) is 3.61. The summed E-state index contributed by atoms with van der Waals surface area (Å²) >= 11 is 7.85. The van der Waals surface area contributed by atoms with Crippen LogP contribution >= 0.6 is 23.4 Å². The summed E-state index contributed by atoms with van der Waals surface area (Å²) in [5.74, 6) is -0.154. The molecule has 1 atom stereocenters. The van der Waals surface area contributed by atoms with Gasteiger partial charge in [-0.3, -0.25) is 9.69 Å². The number of rotatable bonds is 8. The molecule has 1 aromatic heterocycles. The summed E-state index contributed by atoms with van der Waals surface area (Å²) in [6.07, 6.45) is 5.74. The molecule has 4 aromatic rings. The predicted molar refractivity (Wildman–Crippen MR) is 160 cm³/mol. The number of unbranched alkanes of at least 4 members (excludes halogenated alkanes) is 1. The van der Waals surface area contributed by atoms with Crippen molar-refractivity contribution in [1.29, 1.82) is 0 Å². The topological polar surface area (TPSA) is 57.6 Å². The Kier molecular flexibility index (Phi) is 8.29. The van der Waals surface area contributed by atoms with E-state index in [9.17, 15) is 9.59 Å². The fourth-order valence-electron chi connectivity index (χ4n) is 4.94. The quantitative estimate of drug-likeness (QED) is 0.226. The van der Waals surface area contributed by atoms with Crippen LogP contribution in [-0.2, 0) is 4.79 Å². The molecule has 0 unspecified atom stereocenters. The molecule has 0 saturated heterocycles. The minimum Gasteiger partial charge on any atom is -0.316 e. The maximum absolute atomic E-state index is 14.2. The van der Waals surface area contributed by atoms with E-state index in [4.69, 9.17) is 11.6 Å². The monoisotopic (exact) mass is 558 g/mol. The third kappa shape index (κ3) is 5.70. The minimum atomic E-state index is -0.366. The van der Waals surface area contributed by atoms with Gasteiger partial charge in [-0.1, -0.05) is 49.2 Å². The molecule has 39 heavy (non-hydrogen) atoms. The SMILES string of the molecule is CCCCN(CC(=O)N1c2ccccc2-n2cccc2[C@@H]1c1ccc(Cl)cc1)C(=O)Nc1ccc(SC)cc1. The first-order chi connectivity index (χ1) is 19.0. The molecule has 0 saturated carbocycles. The highest BCUT2D eigenvalue weighted by atomic mass is 35.5. The summed E-state index contributed by atoms with van der Waals surface area (Å²) in [6.45, 7) is 2.51. The Hall–Kier alpha value is -3.68. The number of aromatic nitrogens is 1. The van der Waals surface area contributed by atoms with Gasteiger partial charge in [0.1, 0.15) is 12.6 Å². The first kappa shape index (κ1) is 26.9. The van der Waals surface area contributed by atoms with E-state index in [1.165, 1.54) is 0 Å². The number of carbonyl (C=O) groups is 2. The molecule has 3 amide bonds.